The molecule has 0 bridgehead atoms. The minimum absolute atomic E-state index is 0.0184. The van der Waals surface area contributed by atoms with E-state index >= 15 is 0 Å². The molecule has 0 saturated carbocycles. The van der Waals surface area contributed by atoms with Crippen molar-refractivity contribution in [1.82, 2.24) is 4.98 Å². The lowest BCUT2D eigenvalue weighted by molar-refractivity contribution is -0.386. The lowest BCUT2D eigenvalue weighted by Crippen LogP contribution is -2.04. The molecule has 0 N–H and O–H groups in total. The summed E-state index contributed by atoms with van der Waals surface area (Å²) in [7, 11) is 1.19. The molecule has 0 aliphatic rings. The molecular weight excluding hydrogens is 376 g/mol. The molecule has 0 amide bonds. The molecule has 8 nitrogen and oxygen atoms in total. The van der Waals surface area contributed by atoms with Gasteiger partial charge in [0.1, 0.15) is 0 Å². The third kappa shape index (κ3) is 4.24. The van der Waals surface area contributed by atoms with E-state index in [1.54, 1.807) is 18.2 Å². The maximum absolute atomic E-state index is 11.5. The molecule has 0 radical (unpaired) electrons. The summed E-state index contributed by atoms with van der Waals surface area (Å²) in [6, 6.07) is 10.8. The quantitative estimate of drug-likeness (QED) is 0.352. The van der Waals surface area contributed by atoms with E-state index in [-0.39, 0.29) is 29.5 Å². The van der Waals surface area contributed by atoms with Crippen molar-refractivity contribution in [2.75, 3.05) is 7.11 Å². The fraction of sp³-hybridized carbons (Fsp3) is 0.111. The van der Waals surface area contributed by atoms with Crippen LogP contribution in [0.4, 0.5) is 5.69 Å². The summed E-state index contributed by atoms with van der Waals surface area (Å²) >= 11 is 5.95. The molecule has 27 heavy (non-hydrogen) atoms. The van der Waals surface area contributed by atoms with Crippen molar-refractivity contribution >= 4 is 23.3 Å². The normalized spacial score (nSPS) is 10.4. The highest BCUT2D eigenvalue weighted by Gasteiger charge is 2.20. The van der Waals surface area contributed by atoms with Gasteiger partial charge in [-0.25, -0.2) is 9.78 Å². The van der Waals surface area contributed by atoms with Crippen LogP contribution >= 0.6 is 11.6 Å². The molecule has 1 heterocycles. The number of benzene rings is 2. The topological polar surface area (TPSA) is 105 Å². The van der Waals surface area contributed by atoms with E-state index < -0.39 is 10.9 Å². The van der Waals surface area contributed by atoms with Crippen LogP contribution in [-0.4, -0.2) is 23.0 Å². The van der Waals surface area contributed by atoms with Crippen molar-refractivity contribution in [3.8, 4) is 17.1 Å². The summed E-state index contributed by atoms with van der Waals surface area (Å²) < 4.78 is 15.6. The fourth-order valence-corrected chi connectivity index (χ4v) is 2.51. The standard InChI is InChI=1S/C18H13ClN2O6/c1-25-18(22)12-5-6-15(14(8-12)21(23)24)26-10-17-20-9-16(27-17)11-3-2-4-13(19)7-11/h2-9H,10H2,1H3. The number of nitro groups is 1. The minimum atomic E-state index is -0.677. The van der Waals surface area contributed by atoms with Crippen molar-refractivity contribution in [2.45, 2.75) is 6.61 Å². The van der Waals surface area contributed by atoms with Crippen LogP contribution in [0.3, 0.4) is 0 Å². The summed E-state index contributed by atoms with van der Waals surface area (Å²) in [4.78, 5) is 26.2. The van der Waals surface area contributed by atoms with Gasteiger partial charge in [-0.3, -0.25) is 10.1 Å². The maximum Gasteiger partial charge on any atom is 0.338 e. The van der Waals surface area contributed by atoms with Crippen molar-refractivity contribution in [3.63, 3.8) is 0 Å². The zero-order valence-electron chi connectivity index (χ0n) is 14.0. The number of oxazole rings is 1. The van der Waals surface area contributed by atoms with Crippen LogP contribution in [-0.2, 0) is 11.3 Å². The van der Waals surface area contributed by atoms with Crippen molar-refractivity contribution < 1.29 is 23.6 Å². The molecule has 0 fully saturated rings. The van der Waals surface area contributed by atoms with Crippen LogP contribution in [0.2, 0.25) is 5.02 Å². The number of esters is 1. The number of halogens is 1. The van der Waals surface area contributed by atoms with Gasteiger partial charge in [0, 0.05) is 16.7 Å². The lowest BCUT2D eigenvalue weighted by atomic mass is 10.2. The van der Waals surface area contributed by atoms with Gasteiger partial charge in [-0.05, 0) is 24.3 Å². The molecule has 0 spiro atoms. The Hall–Kier alpha value is -3.39. The largest absolute Gasteiger partial charge is 0.477 e. The van der Waals surface area contributed by atoms with Gasteiger partial charge in [0.05, 0.1) is 23.8 Å². The Morgan fingerprint density at radius 2 is 2.11 bits per heavy atom. The molecule has 9 heteroatoms. The predicted octanol–water partition coefficient (Wildman–Crippen LogP) is 4.27. The highest BCUT2D eigenvalue weighted by Crippen LogP contribution is 2.29. The number of rotatable bonds is 6. The fourth-order valence-electron chi connectivity index (χ4n) is 2.32. The number of ether oxygens (including phenoxy) is 2. The highest BCUT2D eigenvalue weighted by atomic mass is 35.5. The first-order valence-corrected chi connectivity index (χ1v) is 8.06. The van der Waals surface area contributed by atoms with Gasteiger partial charge in [-0.1, -0.05) is 23.7 Å². The number of carbonyl (C=O) groups excluding carboxylic acids is 1. The van der Waals surface area contributed by atoms with E-state index in [2.05, 4.69) is 9.72 Å². The van der Waals surface area contributed by atoms with Crippen LogP contribution in [0.25, 0.3) is 11.3 Å². The van der Waals surface area contributed by atoms with Crippen LogP contribution in [0, 0.1) is 10.1 Å². The third-order valence-corrected chi connectivity index (χ3v) is 3.83. The summed E-state index contributed by atoms with van der Waals surface area (Å²) in [6.07, 6.45) is 1.51. The van der Waals surface area contributed by atoms with E-state index in [0.29, 0.717) is 10.8 Å². The Kier molecular flexibility index (Phi) is 5.37. The number of hydrogen-bond donors (Lipinski definition) is 0. The number of carbonyl (C=O) groups is 1. The molecule has 3 aromatic rings. The molecule has 0 aliphatic heterocycles. The number of aromatic nitrogens is 1. The van der Waals surface area contributed by atoms with Crippen LogP contribution in [0.15, 0.2) is 53.1 Å². The van der Waals surface area contributed by atoms with Gasteiger partial charge >= 0.3 is 11.7 Å². The second-order valence-electron chi connectivity index (χ2n) is 5.35. The van der Waals surface area contributed by atoms with Crippen LogP contribution < -0.4 is 4.74 Å². The second kappa shape index (κ2) is 7.88. The molecule has 0 unspecified atom stereocenters. The van der Waals surface area contributed by atoms with Gasteiger partial charge in [0.25, 0.3) is 0 Å². The van der Waals surface area contributed by atoms with E-state index in [0.717, 1.165) is 11.6 Å². The van der Waals surface area contributed by atoms with Crippen LogP contribution in [0.5, 0.6) is 5.75 Å². The van der Waals surface area contributed by atoms with Gasteiger partial charge in [-0.15, -0.1) is 0 Å². The number of nitro benzene ring substituents is 1. The highest BCUT2D eigenvalue weighted by molar-refractivity contribution is 6.30. The van der Waals surface area contributed by atoms with Crippen molar-refractivity contribution in [1.29, 1.82) is 0 Å². The number of nitrogens with zero attached hydrogens (tertiary/aromatic N) is 2. The lowest BCUT2D eigenvalue weighted by Gasteiger charge is -2.06. The van der Waals surface area contributed by atoms with E-state index in [4.69, 9.17) is 20.8 Å². The molecule has 2 aromatic carbocycles. The molecular formula is C18H13ClN2O6. The molecule has 0 saturated heterocycles. The Morgan fingerprint density at radius 3 is 2.81 bits per heavy atom. The van der Waals surface area contributed by atoms with Gasteiger partial charge in [-0.2, -0.15) is 0 Å². The molecule has 0 atom stereocenters. The first-order chi connectivity index (χ1) is 13.0. The summed E-state index contributed by atoms with van der Waals surface area (Å²) in [5.74, 6) is 0.0293. The molecule has 1 aromatic heterocycles. The molecule has 138 valence electrons. The van der Waals surface area contributed by atoms with E-state index in [1.165, 1.54) is 25.4 Å². The average Bonchev–Trinajstić information content (AvgIpc) is 3.14. The first-order valence-electron chi connectivity index (χ1n) is 7.68. The van der Waals surface area contributed by atoms with Crippen molar-refractivity contribution in [2.24, 2.45) is 0 Å². The summed E-state index contributed by atoms with van der Waals surface area (Å²) in [5.41, 5.74) is 0.435. The summed E-state index contributed by atoms with van der Waals surface area (Å²) in [5, 5.41) is 11.8. The van der Waals surface area contributed by atoms with Crippen molar-refractivity contribution in [3.05, 3.63) is 75.3 Å². The molecule has 3 rings (SSSR count). The zero-order chi connectivity index (χ0) is 19.4. The van der Waals surface area contributed by atoms with E-state index in [1.807, 2.05) is 6.07 Å². The van der Waals surface area contributed by atoms with E-state index in [9.17, 15) is 14.9 Å². The van der Waals surface area contributed by atoms with Gasteiger partial charge < -0.3 is 13.9 Å². The average molecular weight is 389 g/mol. The minimum Gasteiger partial charge on any atom is -0.477 e. The maximum atomic E-state index is 11.5. The molecule has 0 aliphatic carbocycles. The monoisotopic (exact) mass is 388 g/mol. The second-order valence-corrected chi connectivity index (χ2v) is 5.78. The number of methoxy groups -OCH3 is 1. The predicted molar refractivity (Wildman–Crippen MR) is 95.7 cm³/mol. The Balaban J connectivity index is 1.77. The van der Waals surface area contributed by atoms with Crippen LogP contribution in [0.1, 0.15) is 16.2 Å². The Bertz CT molecular complexity index is 1000. The summed E-state index contributed by atoms with van der Waals surface area (Å²) in [6.45, 7) is -0.126. The van der Waals surface area contributed by atoms with Gasteiger partial charge in [0.2, 0.25) is 5.89 Å². The Morgan fingerprint density at radius 1 is 1.30 bits per heavy atom. The smallest absolute Gasteiger partial charge is 0.338 e. The SMILES string of the molecule is COC(=O)c1ccc(OCc2ncc(-c3cccc(Cl)c3)o2)c([N+](=O)[O-])c1. The first kappa shape index (κ1) is 18.4. The third-order valence-electron chi connectivity index (χ3n) is 3.59. The number of hydrogen-bond acceptors (Lipinski definition) is 7. The Labute approximate surface area is 158 Å². The zero-order valence-corrected chi connectivity index (χ0v) is 14.8. The van der Waals surface area contributed by atoms with Gasteiger partial charge in [0.15, 0.2) is 18.1 Å².